The van der Waals surface area contributed by atoms with Crippen molar-refractivity contribution in [2.45, 2.75) is 32.4 Å². The van der Waals surface area contributed by atoms with E-state index >= 15 is 0 Å². The SMILES string of the molecule is Cc1ccc(C(=O)N2CC(NC(=O)c3ccccc3)CC2c2n[nH]c(C)n2)cn1. The average Bonchev–Trinajstić information content (AvgIpc) is 3.35. The molecule has 148 valence electrons. The molecule has 3 aromatic rings. The monoisotopic (exact) mass is 390 g/mol. The summed E-state index contributed by atoms with van der Waals surface area (Å²) in [4.78, 5) is 36.1. The largest absolute Gasteiger partial charge is 0.347 e. The van der Waals surface area contributed by atoms with Crippen LogP contribution in [0, 0.1) is 13.8 Å². The number of pyridine rings is 1. The van der Waals surface area contributed by atoms with E-state index in [1.807, 2.05) is 38.1 Å². The molecule has 1 saturated heterocycles. The van der Waals surface area contributed by atoms with Gasteiger partial charge in [-0.2, -0.15) is 5.10 Å². The summed E-state index contributed by atoms with van der Waals surface area (Å²) in [5, 5.41) is 10.1. The van der Waals surface area contributed by atoms with Crippen LogP contribution in [0.25, 0.3) is 0 Å². The van der Waals surface area contributed by atoms with E-state index in [9.17, 15) is 9.59 Å². The lowest BCUT2D eigenvalue weighted by Crippen LogP contribution is -2.38. The Labute approximate surface area is 168 Å². The smallest absolute Gasteiger partial charge is 0.256 e. The van der Waals surface area contributed by atoms with Crippen molar-refractivity contribution in [1.82, 2.24) is 30.4 Å². The Kier molecular flexibility index (Phi) is 5.07. The molecule has 8 heteroatoms. The van der Waals surface area contributed by atoms with Crippen molar-refractivity contribution in [2.75, 3.05) is 6.54 Å². The predicted molar refractivity (Wildman–Crippen MR) is 106 cm³/mol. The molecule has 2 amide bonds. The summed E-state index contributed by atoms with van der Waals surface area (Å²) in [6, 6.07) is 12.1. The molecule has 1 aromatic carbocycles. The molecule has 0 radical (unpaired) electrons. The minimum absolute atomic E-state index is 0.151. The van der Waals surface area contributed by atoms with Gasteiger partial charge in [0, 0.05) is 30.0 Å². The lowest BCUT2D eigenvalue weighted by molar-refractivity contribution is 0.0724. The zero-order chi connectivity index (χ0) is 20.4. The Hall–Kier alpha value is -3.55. The maximum atomic E-state index is 13.2. The summed E-state index contributed by atoms with van der Waals surface area (Å²) in [5.74, 6) is 0.918. The van der Waals surface area contributed by atoms with Crippen LogP contribution >= 0.6 is 0 Å². The number of likely N-dealkylation sites (tertiary alicyclic amines) is 1. The van der Waals surface area contributed by atoms with Gasteiger partial charge in [0.2, 0.25) is 0 Å². The number of aromatic nitrogens is 4. The van der Waals surface area contributed by atoms with Crippen LogP contribution < -0.4 is 5.32 Å². The number of rotatable bonds is 4. The molecule has 1 aliphatic heterocycles. The molecule has 0 spiro atoms. The highest BCUT2D eigenvalue weighted by atomic mass is 16.2. The molecule has 1 fully saturated rings. The fourth-order valence-corrected chi connectivity index (χ4v) is 3.54. The number of benzene rings is 1. The standard InChI is InChI=1S/C21H22N6O2/c1-13-8-9-16(11-22-13)21(29)27-12-17(10-18(27)19-23-14(2)25-26-19)24-20(28)15-6-4-3-5-7-15/h3-9,11,17-18H,10,12H2,1-2H3,(H,24,28)(H,23,25,26). The number of H-pyrrole nitrogens is 1. The van der Waals surface area contributed by atoms with E-state index in [1.54, 1.807) is 29.3 Å². The van der Waals surface area contributed by atoms with Gasteiger partial charge in [-0.3, -0.25) is 19.7 Å². The Bertz CT molecular complexity index is 1020. The van der Waals surface area contributed by atoms with Gasteiger partial charge in [0.1, 0.15) is 5.82 Å². The van der Waals surface area contributed by atoms with Crippen molar-refractivity contribution >= 4 is 11.8 Å². The topological polar surface area (TPSA) is 104 Å². The van der Waals surface area contributed by atoms with Crippen LogP contribution in [0.5, 0.6) is 0 Å². The quantitative estimate of drug-likeness (QED) is 0.711. The maximum absolute atomic E-state index is 13.2. The predicted octanol–water partition coefficient (Wildman–Crippen LogP) is 2.20. The van der Waals surface area contributed by atoms with Crippen molar-refractivity contribution in [3.63, 3.8) is 0 Å². The van der Waals surface area contributed by atoms with Gasteiger partial charge in [-0.05, 0) is 44.5 Å². The summed E-state index contributed by atoms with van der Waals surface area (Å²) in [6.45, 7) is 4.07. The Morgan fingerprint density at radius 3 is 2.55 bits per heavy atom. The van der Waals surface area contributed by atoms with Crippen molar-refractivity contribution in [2.24, 2.45) is 0 Å². The van der Waals surface area contributed by atoms with Crippen molar-refractivity contribution < 1.29 is 9.59 Å². The lowest BCUT2D eigenvalue weighted by atomic mass is 10.1. The minimum atomic E-state index is -0.324. The fraction of sp³-hybridized carbons (Fsp3) is 0.286. The Balaban J connectivity index is 1.57. The number of hydrogen-bond donors (Lipinski definition) is 2. The first-order valence-electron chi connectivity index (χ1n) is 9.49. The highest BCUT2D eigenvalue weighted by molar-refractivity contribution is 5.95. The summed E-state index contributed by atoms with van der Waals surface area (Å²) < 4.78 is 0. The Morgan fingerprint density at radius 1 is 1.10 bits per heavy atom. The van der Waals surface area contributed by atoms with Crippen molar-refractivity contribution in [3.8, 4) is 0 Å². The van der Waals surface area contributed by atoms with Crippen LogP contribution in [0.15, 0.2) is 48.7 Å². The molecule has 2 aromatic heterocycles. The van der Waals surface area contributed by atoms with Gasteiger partial charge in [0.25, 0.3) is 11.8 Å². The maximum Gasteiger partial charge on any atom is 0.256 e. The molecule has 3 heterocycles. The zero-order valence-electron chi connectivity index (χ0n) is 16.3. The van der Waals surface area contributed by atoms with E-state index in [0.29, 0.717) is 35.7 Å². The highest BCUT2D eigenvalue weighted by Gasteiger charge is 2.39. The molecule has 29 heavy (non-hydrogen) atoms. The number of nitrogens with one attached hydrogen (secondary N) is 2. The van der Waals surface area contributed by atoms with E-state index in [0.717, 1.165) is 5.69 Å². The number of hydrogen-bond acceptors (Lipinski definition) is 5. The second-order valence-electron chi connectivity index (χ2n) is 7.21. The second kappa shape index (κ2) is 7.83. The molecule has 0 bridgehead atoms. The number of aryl methyl sites for hydroxylation is 2. The van der Waals surface area contributed by atoms with E-state index in [2.05, 4.69) is 25.5 Å². The van der Waals surface area contributed by atoms with E-state index in [4.69, 9.17) is 0 Å². The molecule has 2 atom stereocenters. The van der Waals surface area contributed by atoms with Gasteiger partial charge in [-0.15, -0.1) is 0 Å². The third-order valence-corrected chi connectivity index (χ3v) is 5.00. The molecular formula is C21H22N6O2. The lowest BCUT2D eigenvalue weighted by Gasteiger charge is -2.22. The number of nitrogens with zero attached hydrogens (tertiary/aromatic N) is 4. The van der Waals surface area contributed by atoms with Gasteiger partial charge in [-0.25, -0.2) is 4.98 Å². The van der Waals surface area contributed by atoms with Gasteiger partial charge >= 0.3 is 0 Å². The first-order chi connectivity index (χ1) is 14.0. The van der Waals surface area contributed by atoms with Gasteiger partial charge in [0.05, 0.1) is 11.6 Å². The van der Waals surface area contributed by atoms with Crippen LogP contribution in [0.3, 0.4) is 0 Å². The first-order valence-corrected chi connectivity index (χ1v) is 9.49. The normalized spacial score (nSPS) is 18.6. The first kappa shape index (κ1) is 18.8. The van der Waals surface area contributed by atoms with E-state index in [-0.39, 0.29) is 23.9 Å². The second-order valence-corrected chi connectivity index (χ2v) is 7.21. The minimum Gasteiger partial charge on any atom is -0.347 e. The molecule has 0 saturated carbocycles. The summed E-state index contributed by atoms with van der Waals surface area (Å²) in [5.41, 5.74) is 1.94. The number of carbonyl (C=O) groups is 2. The summed E-state index contributed by atoms with van der Waals surface area (Å²) in [7, 11) is 0. The van der Waals surface area contributed by atoms with Crippen LogP contribution in [-0.4, -0.2) is 49.5 Å². The van der Waals surface area contributed by atoms with E-state index in [1.165, 1.54) is 0 Å². The highest BCUT2D eigenvalue weighted by Crippen LogP contribution is 2.31. The molecule has 4 rings (SSSR count). The number of carbonyl (C=O) groups excluding carboxylic acids is 2. The third-order valence-electron chi connectivity index (χ3n) is 5.00. The number of amides is 2. The van der Waals surface area contributed by atoms with Gasteiger partial charge in [0.15, 0.2) is 5.82 Å². The Morgan fingerprint density at radius 2 is 1.90 bits per heavy atom. The molecule has 0 aliphatic carbocycles. The average molecular weight is 390 g/mol. The molecular weight excluding hydrogens is 368 g/mol. The van der Waals surface area contributed by atoms with Crippen LogP contribution in [0.4, 0.5) is 0 Å². The fourth-order valence-electron chi connectivity index (χ4n) is 3.54. The van der Waals surface area contributed by atoms with Gasteiger partial charge in [-0.1, -0.05) is 18.2 Å². The molecule has 8 nitrogen and oxygen atoms in total. The van der Waals surface area contributed by atoms with Crippen LogP contribution in [-0.2, 0) is 0 Å². The van der Waals surface area contributed by atoms with E-state index < -0.39 is 0 Å². The van der Waals surface area contributed by atoms with Crippen molar-refractivity contribution in [1.29, 1.82) is 0 Å². The van der Waals surface area contributed by atoms with Gasteiger partial charge < -0.3 is 10.2 Å². The van der Waals surface area contributed by atoms with Crippen LogP contribution in [0.1, 0.15) is 50.5 Å². The van der Waals surface area contributed by atoms with Crippen LogP contribution in [0.2, 0.25) is 0 Å². The number of aromatic amines is 1. The molecule has 2 N–H and O–H groups in total. The molecule has 2 unspecified atom stereocenters. The molecule has 1 aliphatic rings. The third kappa shape index (κ3) is 4.01. The summed E-state index contributed by atoms with van der Waals surface area (Å²) in [6.07, 6.45) is 2.12. The summed E-state index contributed by atoms with van der Waals surface area (Å²) >= 11 is 0. The zero-order valence-corrected chi connectivity index (χ0v) is 16.3. The van der Waals surface area contributed by atoms with Crippen molar-refractivity contribution in [3.05, 3.63) is 77.1 Å².